The van der Waals surface area contributed by atoms with Gasteiger partial charge in [-0.25, -0.2) is 4.98 Å². The molecule has 3 aromatic rings. The molecule has 0 radical (unpaired) electrons. The van der Waals surface area contributed by atoms with Crippen LogP contribution in [0.1, 0.15) is 27.8 Å². The maximum absolute atomic E-state index is 13.1. The average Bonchev–Trinajstić information content (AvgIpc) is 3.14. The summed E-state index contributed by atoms with van der Waals surface area (Å²) in [6.45, 7) is 3.52. The first-order valence-electron chi connectivity index (χ1n) is 8.65. The lowest BCUT2D eigenvalue weighted by Crippen LogP contribution is -2.43. The average molecular weight is 348 g/mol. The van der Waals surface area contributed by atoms with Crippen molar-refractivity contribution in [3.8, 4) is 11.4 Å². The van der Waals surface area contributed by atoms with Gasteiger partial charge in [-0.2, -0.15) is 5.10 Å². The highest BCUT2D eigenvalue weighted by atomic mass is 16.5. The van der Waals surface area contributed by atoms with Crippen molar-refractivity contribution in [1.82, 2.24) is 20.1 Å². The third-order valence-electron chi connectivity index (χ3n) is 4.56. The van der Waals surface area contributed by atoms with Gasteiger partial charge in [-0.05, 0) is 24.6 Å². The first-order valence-corrected chi connectivity index (χ1v) is 8.65. The van der Waals surface area contributed by atoms with Crippen molar-refractivity contribution in [3.05, 3.63) is 71.5 Å². The van der Waals surface area contributed by atoms with Crippen LogP contribution in [-0.4, -0.2) is 45.7 Å². The zero-order chi connectivity index (χ0) is 17.9. The Kier molecular flexibility index (Phi) is 4.50. The van der Waals surface area contributed by atoms with Gasteiger partial charge in [0.25, 0.3) is 5.91 Å². The van der Waals surface area contributed by atoms with Crippen LogP contribution in [0.25, 0.3) is 11.4 Å². The third-order valence-corrected chi connectivity index (χ3v) is 4.56. The van der Waals surface area contributed by atoms with E-state index >= 15 is 0 Å². The summed E-state index contributed by atoms with van der Waals surface area (Å²) < 4.78 is 5.62. The molecule has 1 saturated heterocycles. The highest BCUT2D eigenvalue weighted by Gasteiger charge is 2.29. The summed E-state index contributed by atoms with van der Waals surface area (Å²) in [5, 5.41) is 6.98. The number of benzene rings is 2. The molecule has 6 nitrogen and oxygen atoms in total. The minimum absolute atomic E-state index is 0.0138. The molecule has 26 heavy (non-hydrogen) atoms. The fourth-order valence-corrected chi connectivity index (χ4v) is 3.20. The number of nitrogens with zero attached hydrogens (tertiary/aromatic N) is 3. The molecule has 4 rings (SSSR count). The molecular formula is C20H20N4O2. The summed E-state index contributed by atoms with van der Waals surface area (Å²) in [6.07, 6.45) is 0. The molecule has 1 N–H and O–H groups in total. The second-order valence-electron chi connectivity index (χ2n) is 6.32. The van der Waals surface area contributed by atoms with Gasteiger partial charge in [0, 0.05) is 17.7 Å². The normalized spacial score (nSPS) is 17.3. The van der Waals surface area contributed by atoms with E-state index in [2.05, 4.69) is 15.2 Å². The van der Waals surface area contributed by atoms with Crippen molar-refractivity contribution in [2.75, 3.05) is 19.8 Å². The smallest absolute Gasteiger partial charge is 0.254 e. The van der Waals surface area contributed by atoms with Crippen LogP contribution >= 0.6 is 0 Å². The Morgan fingerprint density at radius 1 is 1.15 bits per heavy atom. The monoisotopic (exact) mass is 348 g/mol. The number of carbonyl (C=O) groups is 1. The Morgan fingerprint density at radius 3 is 2.62 bits per heavy atom. The Bertz CT molecular complexity index is 890. The van der Waals surface area contributed by atoms with Gasteiger partial charge in [0.2, 0.25) is 0 Å². The first-order chi connectivity index (χ1) is 12.7. The number of nitrogens with one attached hydrogen (secondary N) is 1. The van der Waals surface area contributed by atoms with E-state index in [1.807, 2.05) is 66.4 Å². The molecule has 0 bridgehead atoms. The van der Waals surface area contributed by atoms with E-state index in [1.54, 1.807) is 0 Å². The largest absolute Gasteiger partial charge is 0.377 e. The van der Waals surface area contributed by atoms with Crippen LogP contribution in [0.2, 0.25) is 0 Å². The number of aryl methyl sites for hydroxylation is 1. The second-order valence-corrected chi connectivity index (χ2v) is 6.32. The molecule has 0 spiro atoms. The highest BCUT2D eigenvalue weighted by Crippen LogP contribution is 2.26. The molecule has 1 aliphatic heterocycles. The van der Waals surface area contributed by atoms with Crippen LogP contribution in [0.4, 0.5) is 0 Å². The number of H-pyrrole nitrogens is 1. The predicted molar refractivity (Wildman–Crippen MR) is 97.6 cm³/mol. The number of amides is 1. The minimum atomic E-state index is -0.0622. The Labute approximate surface area is 151 Å². The van der Waals surface area contributed by atoms with Crippen LogP contribution in [-0.2, 0) is 4.74 Å². The van der Waals surface area contributed by atoms with Gasteiger partial charge in [-0.15, -0.1) is 0 Å². The predicted octanol–water partition coefficient (Wildman–Crippen LogP) is 2.99. The molecule has 1 unspecified atom stereocenters. The summed E-state index contributed by atoms with van der Waals surface area (Å²) in [7, 11) is 0. The third kappa shape index (κ3) is 3.23. The summed E-state index contributed by atoms with van der Waals surface area (Å²) >= 11 is 0. The van der Waals surface area contributed by atoms with Crippen molar-refractivity contribution in [3.63, 3.8) is 0 Å². The van der Waals surface area contributed by atoms with Crippen LogP contribution in [0.3, 0.4) is 0 Å². The lowest BCUT2D eigenvalue weighted by atomic mass is 10.0. The van der Waals surface area contributed by atoms with Gasteiger partial charge in [0.15, 0.2) is 5.82 Å². The van der Waals surface area contributed by atoms with E-state index < -0.39 is 0 Å². The highest BCUT2D eigenvalue weighted by molar-refractivity contribution is 5.95. The van der Waals surface area contributed by atoms with E-state index in [9.17, 15) is 4.79 Å². The maximum Gasteiger partial charge on any atom is 0.254 e. The number of carbonyl (C=O) groups excluding carboxylic acids is 1. The number of hydrogen-bond acceptors (Lipinski definition) is 4. The molecule has 1 fully saturated rings. The quantitative estimate of drug-likeness (QED) is 0.790. The van der Waals surface area contributed by atoms with Crippen molar-refractivity contribution in [1.29, 1.82) is 0 Å². The molecule has 1 amide bonds. The van der Waals surface area contributed by atoms with E-state index in [1.165, 1.54) is 0 Å². The van der Waals surface area contributed by atoms with E-state index in [4.69, 9.17) is 4.74 Å². The standard InChI is InChI=1S/C20H20N4O2/c1-14-21-19(23-22-14)16-7-9-17(10-8-16)20(25)24-11-12-26-13-18(24)15-5-3-2-4-6-15/h2-10,18H,11-13H2,1H3,(H,21,22,23). The Morgan fingerprint density at radius 2 is 1.92 bits per heavy atom. The molecule has 2 heterocycles. The summed E-state index contributed by atoms with van der Waals surface area (Å²) in [4.78, 5) is 19.3. The molecule has 6 heteroatoms. The van der Waals surface area contributed by atoms with Crippen LogP contribution in [0, 0.1) is 6.92 Å². The summed E-state index contributed by atoms with van der Waals surface area (Å²) in [5.74, 6) is 1.41. The molecule has 1 aliphatic rings. The molecule has 2 aromatic carbocycles. The SMILES string of the molecule is Cc1nc(-c2ccc(C(=O)N3CCOCC3c3ccccc3)cc2)n[nH]1. The Hall–Kier alpha value is -2.99. The lowest BCUT2D eigenvalue weighted by Gasteiger charge is -2.36. The van der Waals surface area contributed by atoms with Crippen molar-refractivity contribution in [2.45, 2.75) is 13.0 Å². The number of ether oxygens (including phenoxy) is 1. The van der Waals surface area contributed by atoms with Gasteiger partial charge in [0.1, 0.15) is 5.82 Å². The molecular weight excluding hydrogens is 328 g/mol. The maximum atomic E-state index is 13.1. The molecule has 1 atom stereocenters. The van der Waals surface area contributed by atoms with E-state index in [-0.39, 0.29) is 11.9 Å². The van der Waals surface area contributed by atoms with Crippen LogP contribution < -0.4 is 0 Å². The van der Waals surface area contributed by atoms with E-state index in [0.717, 1.165) is 17.0 Å². The molecule has 0 saturated carbocycles. The number of morpholine rings is 1. The number of aromatic amines is 1. The minimum Gasteiger partial charge on any atom is -0.377 e. The van der Waals surface area contributed by atoms with Crippen molar-refractivity contribution in [2.24, 2.45) is 0 Å². The lowest BCUT2D eigenvalue weighted by molar-refractivity contribution is -0.00269. The van der Waals surface area contributed by atoms with Gasteiger partial charge >= 0.3 is 0 Å². The number of hydrogen-bond donors (Lipinski definition) is 1. The number of rotatable bonds is 3. The fourth-order valence-electron chi connectivity index (χ4n) is 3.20. The second kappa shape index (κ2) is 7.09. The molecule has 1 aromatic heterocycles. The topological polar surface area (TPSA) is 71.1 Å². The zero-order valence-electron chi connectivity index (χ0n) is 14.6. The Balaban J connectivity index is 1.57. The van der Waals surface area contributed by atoms with Gasteiger partial charge < -0.3 is 9.64 Å². The number of aromatic nitrogens is 3. The van der Waals surface area contributed by atoms with Crippen molar-refractivity contribution < 1.29 is 9.53 Å². The fraction of sp³-hybridized carbons (Fsp3) is 0.250. The molecule has 0 aliphatic carbocycles. The first kappa shape index (κ1) is 16.5. The van der Waals surface area contributed by atoms with Crippen LogP contribution in [0.15, 0.2) is 54.6 Å². The zero-order valence-corrected chi connectivity index (χ0v) is 14.6. The van der Waals surface area contributed by atoms with Gasteiger partial charge in [-0.1, -0.05) is 42.5 Å². The summed E-state index contributed by atoms with van der Waals surface area (Å²) in [5.41, 5.74) is 2.63. The van der Waals surface area contributed by atoms with Gasteiger partial charge in [0.05, 0.1) is 19.3 Å². The van der Waals surface area contributed by atoms with Crippen LogP contribution in [0.5, 0.6) is 0 Å². The summed E-state index contributed by atoms with van der Waals surface area (Å²) in [6, 6.07) is 17.4. The van der Waals surface area contributed by atoms with Crippen molar-refractivity contribution >= 4 is 5.91 Å². The van der Waals surface area contributed by atoms with E-state index in [0.29, 0.717) is 31.1 Å². The molecule has 132 valence electrons. The van der Waals surface area contributed by atoms with Gasteiger partial charge in [-0.3, -0.25) is 9.89 Å².